The molecule has 1 aromatic carbocycles. The van der Waals surface area contributed by atoms with Crippen LogP contribution in [0.5, 0.6) is 5.75 Å². The first-order valence-electron chi connectivity index (χ1n) is 15.6. The normalized spacial score (nSPS) is 11.8. The van der Waals surface area contributed by atoms with E-state index >= 15 is 0 Å². The van der Waals surface area contributed by atoms with E-state index in [4.69, 9.17) is 28.4 Å². The van der Waals surface area contributed by atoms with E-state index < -0.39 is 17.9 Å². The van der Waals surface area contributed by atoms with Crippen molar-refractivity contribution in [3.8, 4) is 5.75 Å². The van der Waals surface area contributed by atoms with Crippen molar-refractivity contribution >= 4 is 40.4 Å². The molecule has 258 valence electrons. The van der Waals surface area contributed by atoms with Gasteiger partial charge in [0.25, 0.3) is 0 Å². The zero-order chi connectivity index (χ0) is 33.0. The number of carboxylic acids is 1. The quantitative estimate of drug-likeness (QED) is 0.0674. The Kier molecular flexibility index (Phi) is 25.6. The molecule has 1 atom stereocenters. The summed E-state index contributed by atoms with van der Waals surface area (Å²) in [5, 5.41) is 24.4. The average Bonchev–Trinajstić information content (AvgIpc) is 3.01. The van der Waals surface area contributed by atoms with Gasteiger partial charge in [-0.1, -0.05) is 13.0 Å². The van der Waals surface area contributed by atoms with Crippen molar-refractivity contribution in [3.63, 3.8) is 0 Å². The molecule has 0 fully saturated rings. The van der Waals surface area contributed by atoms with E-state index in [1.807, 2.05) is 28.7 Å². The van der Waals surface area contributed by atoms with Crippen LogP contribution in [-0.4, -0.2) is 120 Å². The first-order valence-corrected chi connectivity index (χ1v) is 16.6. The van der Waals surface area contributed by atoms with Crippen molar-refractivity contribution in [1.29, 1.82) is 0 Å². The van der Waals surface area contributed by atoms with E-state index in [0.29, 0.717) is 98.3 Å². The predicted octanol–water partition coefficient (Wildman–Crippen LogP) is 2.69. The maximum atomic E-state index is 12.2. The smallest absolute Gasteiger partial charge is 0.326 e. The molecule has 45 heavy (non-hydrogen) atoms. The van der Waals surface area contributed by atoms with Crippen LogP contribution in [0.15, 0.2) is 18.2 Å². The third-order valence-corrected chi connectivity index (χ3v) is 7.07. The number of aryl methyl sites for hydroxylation is 1. The third-order valence-electron chi connectivity index (χ3n) is 6.21. The lowest BCUT2D eigenvalue weighted by Gasteiger charge is -2.15. The summed E-state index contributed by atoms with van der Waals surface area (Å²) in [5.41, 5.74) is 0.965. The van der Waals surface area contributed by atoms with Gasteiger partial charge >= 0.3 is 5.97 Å². The molecule has 0 aliphatic rings. The zero-order valence-corrected chi connectivity index (χ0v) is 28.6. The zero-order valence-electron chi connectivity index (χ0n) is 26.4. The number of nitrogens with one attached hydrogen (secondary N) is 2. The van der Waals surface area contributed by atoms with Crippen molar-refractivity contribution in [2.24, 2.45) is 0 Å². The number of aromatic hydroxyl groups is 1. The molecule has 13 nitrogen and oxygen atoms in total. The molecular formula is C31H51IN2O11. The monoisotopic (exact) mass is 750 g/mol. The minimum absolute atomic E-state index is 0.0424. The Morgan fingerprint density at radius 3 is 1.80 bits per heavy atom. The Bertz CT molecular complexity index is 939. The molecule has 0 spiro atoms. The van der Waals surface area contributed by atoms with Crippen LogP contribution in [0.1, 0.15) is 51.0 Å². The van der Waals surface area contributed by atoms with Gasteiger partial charge < -0.3 is 49.3 Å². The summed E-state index contributed by atoms with van der Waals surface area (Å²) in [4.78, 5) is 35.8. The average molecular weight is 751 g/mol. The van der Waals surface area contributed by atoms with Gasteiger partial charge in [-0.2, -0.15) is 0 Å². The number of hydrogen-bond donors (Lipinski definition) is 4. The fraction of sp³-hybridized carbons (Fsp3) is 0.710. The number of carbonyl (C=O) groups is 3. The van der Waals surface area contributed by atoms with Crippen LogP contribution in [-0.2, 0) is 49.2 Å². The number of hydrogen-bond acceptors (Lipinski definition) is 10. The number of aliphatic carboxylic acids is 1. The summed E-state index contributed by atoms with van der Waals surface area (Å²) in [6, 6.07) is 4.24. The van der Waals surface area contributed by atoms with Gasteiger partial charge in [-0.05, 0) is 72.4 Å². The summed E-state index contributed by atoms with van der Waals surface area (Å²) in [7, 11) is 0. The van der Waals surface area contributed by atoms with E-state index in [9.17, 15) is 24.6 Å². The van der Waals surface area contributed by atoms with Crippen LogP contribution in [0.2, 0.25) is 0 Å². The van der Waals surface area contributed by atoms with Crippen LogP contribution in [0.3, 0.4) is 0 Å². The Balaban J connectivity index is 1.94. The number of carbonyl (C=O) groups excluding carboxylic acids is 2. The molecule has 2 amide bonds. The van der Waals surface area contributed by atoms with Gasteiger partial charge in [0.05, 0.1) is 76.2 Å². The molecule has 0 radical (unpaired) electrons. The summed E-state index contributed by atoms with van der Waals surface area (Å²) in [6.07, 6.45) is 3.31. The number of ether oxygens (including phenoxy) is 6. The lowest BCUT2D eigenvalue weighted by Crippen LogP contribution is -2.41. The third kappa shape index (κ3) is 23.9. The highest BCUT2D eigenvalue weighted by Crippen LogP contribution is 2.20. The molecule has 0 saturated carbocycles. The van der Waals surface area contributed by atoms with Crippen molar-refractivity contribution in [3.05, 3.63) is 27.3 Å². The molecule has 0 aliphatic carbocycles. The minimum Gasteiger partial charge on any atom is -0.507 e. The molecule has 0 saturated heterocycles. The molecule has 1 unspecified atom stereocenters. The number of carboxylic acid groups (broad SMARTS) is 1. The summed E-state index contributed by atoms with van der Waals surface area (Å²) >= 11 is 2.04. The highest BCUT2D eigenvalue weighted by molar-refractivity contribution is 14.1. The molecule has 1 rings (SSSR count). The van der Waals surface area contributed by atoms with Gasteiger partial charge in [-0.15, -0.1) is 0 Å². The number of unbranched alkanes of at least 4 members (excludes halogenated alkanes) is 1. The number of rotatable bonds is 30. The van der Waals surface area contributed by atoms with Gasteiger partial charge in [0.1, 0.15) is 11.8 Å². The Labute approximate surface area is 280 Å². The fourth-order valence-electron chi connectivity index (χ4n) is 3.79. The first kappa shape index (κ1) is 40.9. The lowest BCUT2D eigenvalue weighted by atomic mass is 10.1. The first-order chi connectivity index (χ1) is 21.8. The van der Waals surface area contributed by atoms with Crippen molar-refractivity contribution in [2.45, 2.75) is 57.9 Å². The van der Waals surface area contributed by atoms with E-state index in [1.165, 1.54) is 0 Å². The molecule has 0 bridgehead atoms. The Hall–Kier alpha value is -2.08. The number of halogens is 1. The fourth-order valence-corrected chi connectivity index (χ4v) is 4.37. The van der Waals surface area contributed by atoms with Gasteiger partial charge in [-0.25, -0.2) is 4.79 Å². The van der Waals surface area contributed by atoms with E-state index in [1.54, 1.807) is 12.1 Å². The summed E-state index contributed by atoms with van der Waals surface area (Å²) in [5.74, 6) is -1.38. The topological polar surface area (TPSA) is 171 Å². The molecule has 14 heteroatoms. The number of phenols is 1. The highest BCUT2D eigenvalue weighted by Gasteiger charge is 2.19. The van der Waals surface area contributed by atoms with Crippen molar-refractivity contribution in [2.75, 3.05) is 85.8 Å². The molecule has 1 aromatic rings. The molecule has 0 heterocycles. The standard InChI is InChI=1S/C31H51IN2O11/c1-2-12-40-14-16-42-18-20-44-22-23-45-21-19-43-17-15-41-13-10-30(37)34-27(31(38)39)5-3-4-11-33-29(36)9-7-25-6-8-28(35)26(32)24-25/h6,8,24,27,35H,2-5,7,9-23H2,1H3,(H,33,36)(H,34,37)(H,38,39)/i32-4. The molecule has 4 N–H and O–H groups in total. The maximum absolute atomic E-state index is 12.2. The predicted molar refractivity (Wildman–Crippen MR) is 175 cm³/mol. The van der Waals surface area contributed by atoms with Crippen LogP contribution < -0.4 is 10.6 Å². The molecule has 0 aromatic heterocycles. The van der Waals surface area contributed by atoms with Gasteiger partial charge in [-0.3, -0.25) is 9.59 Å². The lowest BCUT2D eigenvalue weighted by molar-refractivity contribution is -0.142. The number of benzene rings is 1. The van der Waals surface area contributed by atoms with Crippen LogP contribution in [0.4, 0.5) is 0 Å². The van der Waals surface area contributed by atoms with Crippen LogP contribution in [0, 0.1) is 3.57 Å². The second-order valence-electron chi connectivity index (χ2n) is 10.0. The van der Waals surface area contributed by atoms with Crippen molar-refractivity contribution < 1.29 is 53.0 Å². The number of amides is 2. The van der Waals surface area contributed by atoms with Crippen molar-refractivity contribution in [1.82, 2.24) is 10.6 Å². The Morgan fingerprint density at radius 2 is 1.29 bits per heavy atom. The largest absolute Gasteiger partial charge is 0.507 e. The second-order valence-corrected chi connectivity index (χ2v) is 11.2. The summed E-state index contributed by atoms with van der Waals surface area (Å²) in [6.45, 7) is 8.03. The number of phenolic OH excluding ortho intramolecular Hbond substituents is 1. The highest BCUT2D eigenvalue weighted by atomic mass is 123. The van der Waals surface area contributed by atoms with Gasteiger partial charge in [0, 0.05) is 26.0 Å². The summed E-state index contributed by atoms with van der Waals surface area (Å²) < 4.78 is 33.1. The second kappa shape index (κ2) is 28.2. The molecule has 0 aliphatic heterocycles. The van der Waals surface area contributed by atoms with Crippen LogP contribution >= 0.6 is 22.6 Å². The minimum atomic E-state index is -1.10. The van der Waals surface area contributed by atoms with Gasteiger partial charge in [0.15, 0.2) is 0 Å². The van der Waals surface area contributed by atoms with E-state index in [0.717, 1.165) is 22.2 Å². The van der Waals surface area contributed by atoms with E-state index in [-0.39, 0.29) is 31.1 Å². The SMILES string of the molecule is CCCOCCOCCOCCOCCOCCOCCC(=O)NC(CCCCNC(=O)CCc1ccc(O)c([123I])c1)C(=O)O. The Morgan fingerprint density at radius 1 is 0.756 bits per heavy atom. The van der Waals surface area contributed by atoms with E-state index in [2.05, 4.69) is 17.6 Å². The maximum Gasteiger partial charge on any atom is 0.326 e. The molecular weight excluding hydrogens is 699 g/mol. The van der Waals surface area contributed by atoms with Gasteiger partial charge in [0.2, 0.25) is 11.8 Å². The van der Waals surface area contributed by atoms with Crippen LogP contribution in [0.25, 0.3) is 0 Å².